The number of nitrogens with zero attached hydrogens (tertiary/aromatic N) is 2. The van der Waals surface area contributed by atoms with E-state index >= 15 is 0 Å². The highest BCUT2D eigenvalue weighted by molar-refractivity contribution is 7.89. The average Bonchev–Trinajstić information content (AvgIpc) is 3.18. The molecule has 1 atom stereocenters. The Morgan fingerprint density at radius 1 is 1.03 bits per heavy atom. The zero-order valence-electron chi connectivity index (χ0n) is 18.1. The van der Waals surface area contributed by atoms with Crippen LogP contribution in [0.15, 0.2) is 96.4 Å². The maximum Gasteiger partial charge on any atom is 0.252 e. The number of hydrogen-bond donors (Lipinski definition) is 2. The summed E-state index contributed by atoms with van der Waals surface area (Å²) >= 11 is 0. The quantitative estimate of drug-likeness (QED) is 0.393. The Hall–Kier alpha value is -3.75. The zero-order chi connectivity index (χ0) is 23.4. The van der Waals surface area contributed by atoms with Crippen LogP contribution in [0.1, 0.15) is 27.8 Å². The summed E-state index contributed by atoms with van der Waals surface area (Å²) < 4.78 is 28.9. The first-order valence-corrected chi connectivity index (χ1v) is 11.9. The van der Waals surface area contributed by atoms with Gasteiger partial charge in [0.05, 0.1) is 15.9 Å². The van der Waals surface area contributed by atoms with Crippen molar-refractivity contribution in [2.24, 2.45) is 7.05 Å². The third kappa shape index (κ3) is 4.72. The number of aromatic nitrogens is 2. The lowest BCUT2D eigenvalue weighted by Crippen LogP contribution is -2.31. The molecule has 2 N–H and O–H groups in total. The summed E-state index contributed by atoms with van der Waals surface area (Å²) in [6, 6.07) is 22.7. The van der Waals surface area contributed by atoms with Crippen LogP contribution in [-0.2, 0) is 17.1 Å². The number of benzene rings is 3. The van der Waals surface area contributed by atoms with Crippen LogP contribution in [0.4, 0.5) is 0 Å². The fraction of sp³-hybridized carbons (Fsp3) is 0.120. The van der Waals surface area contributed by atoms with Gasteiger partial charge in [0.1, 0.15) is 11.9 Å². The molecule has 1 aromatic heterocycles. The molecule has 0 aliphatic carbocycles. The third-order valence-electron chi connectivity index (χ3n) is 5.33. The molecule has 8 heteroatoms. The molecule has 1 heterocycles. The molecule has 4 rings (SSSR count). The van der Waals surface area contributed by atoms with E-state index in [1.54, 1.807) is 0 Å². The first-order chi connectivity index (χ1) is 15.9. The van der Waals surface area contributed by atoms with Gasteiger partial charge in [0.2, 0.25) is 10.0 Å². The topological polar surface area (TPSA) is 93.1 Å². The molecule has 0 spiro atoms. The van der Waals surface area contributed by atoms with Gasteiger partial charge in [-0.05, 0) is 42.0 Å². The smallest absolute Gasteiger partial charge is 0.252 e. The number of sulfonamides is 1. The molecule has 0 aliphatic rings. The van der Waals surface area contributed by atoms with E-state index in [-0.39, 0.29) is 17.3 Å². The normalized spacial score (nSPS) is 12.4. The van der Waals surface area contributed by atoms with Crippen molar-refractivity contribution >= 4 is 27.0 Å². The van der Waals surface area contributed by atoms with Gasteiger partial charge >= 0.3 is 0 Å². The van der Waals surface area contributed by atoms with Gasteiger partial charge in [-0.2, -0.15) is 0 Å². The number of aryl methyl sites for hydroxylation is 1. The first-order valence-electron chi connectivity index (χ1n) is 10.4. The Balaban J connectivity index is 1.65. The van der Waals surface area contributed by atoms with Gasteiger partial charge in [0, 0.05) is 19.2 Å². The lowest BCUT2D eigenvalue weighted by atomic mass is 10.1. The summed E-state index contributed by atoms with van der Waals surface area (Å²) in [7, 11) is -1.74. The summed E-state index contributed by atoms with van der Waals surface area (Å²) in [6.07, 6.45) is 1.46. The Kier molecular flexibility index (Phi) is 6.39. The molecule has 1 amide bonds. The van der Waals surface area contributed by atoms with Gasteiger partial charge in [-0.3, -0.25) is 4.79 Å². The highest BCUT2D eigenvalue weighted by Gasteiger charge is 2.23. The molecule has 0 radical (unpaired) electrons. The van der Waals surface area contributed by atoms with Gasteiger partial charge in [-0.25, -0.2) is 18.1 Å². The molecular weight excluding hydrogens is 436 g/mol. The van der Waals surface area contributed by atoms with E-state index in [0.29, 0.717) is 11.4 Å². The Bertz CT molecular complexity index is 1390. The van der Waals surface area contributed by atoms with Crippen LogP contribution in [0.5, 0.6) is 0 Å². The van der Waals surface area contributed by atoms with Crippen LogP contribution in [0.25, 0.3) is 11.0 Å². The molecule has 3 aromatic carbocycles. The van der Waals surface area contributed by atoms with E-state index in [9.17, 15) is 13.2 Å². The van der Waals surface area contributed by atoms with Crippen molar-refractivity contribution in [3.8, 4) is 0 Å². The SMILES string of the molecule is C=CCNS(=O)(=O)c1ccc(C(=O)NC(c2ccccc2)c2nc3ccccc3n2C)cc1. The molecule has 4 aromatic rings. The van der Waals surface area contributed by atoms with E-state index < -0.39 is 16.1 Å². The zero-order valence-corrected chi connectivity index (χ0v) is 18.9. The minimum atomic E-state index is -3.66. The molecular formula is C25H24N4O3S. The second kappa shape index (κ2) is 9.40. The number of carbonyl (C=O) groups is 1. The fourth-order valence-corrected chi connectivity index (χ4v) is 4.61. The van der Waals surface area contributed by atoms with Crippen LogP contribution >= 0.6 is 0 Å². The van der Waals surface area contributed by atoms with Gasteiger partial charge in [-0.1, -0.05) is 48.5 Å². The molecule has 0 saturated carbocycles. The molecule has 33 heavy (non-hydrogen) atoms. The number of nitrogens with one attached hydrogen (secondary N) is 2. The van der Waals surface area contributed by atoms with Gasteiger partial charge in [0.25, 0.3) is 5.91 Å². The van der Waals surface area contributed by atoms with Gasteiger partial charge < -0.3 is 9.88 Å². The molecule has 1 unspecified atom stereocenters. The van der Waals surface area contributed by atoms with E-state index in [0.717, 1.165) is 16.6 Å². The fourth-order valence-electron chi connectivity index (χ4n) is 3.62. The summed E-state index contributed by atoms with van der Waals surface area (Å²) in [5.41, 5.74) is 3.03. The van der Waals surface area contributed by atoms with Crippen LogP contribution in [-0.4, -0.2) is 30.4 Å². The predicted octanol–water partition coefficient (Wildman–Crippen LogP) is 3.56. The minimum absolute atomic E-state index is 0.0795. The van der Waals surface area contributed by atoms with Crippen LogP contribution < -0.4 is 10.0 Å². The molecule has 0 bridgehead atoms. The average molecular weight is 461 g/mol. The van der Waals surface area contributed by atoms with E-state index in [1.807, 2.05) is 66.2 Å². The molecule has 0 aliphatic heterocycles. The summed E-state index contributed by atoms with van der Waals surface area (Å²) in [5.74, 6) is 0.363. The van der Waals surface area contributed by atoms with Crippen molar-refractivity contribution < 1.29 is 13.2 Å². The Morgan fingerprint density at radius 2 is 1.70 bits per heavy atom. The van der Waals surface area contributed by atoms with Crippen LogP contribution in [0.3, 0.4) is 0 Å². The van der Waals surface area contributed by atoms with E-state index in [2.05, 4.69) is 16.6 Å². The van der Waals surface area contributed by atoms with Crippen molar-refractivity contribution in [1.82, 2.24) is 19.6 Å². The predicted molar refractivity (Wildman–Crippen MR) is 128 cm³/mol. The Morgan fingerprint density at radius 3 is 2.36 bits per heavy atom. The van der Waals surface area contributed by atoms with Crippen molar-refractivity contribution in [3.05, 3.63) is 108 Å². The number of carbonyl (C=O) groups excluding carboxylic acids is 1. The largest absolute Gasteiger partial charge is 0.338 e. The maximum absolute atomic E-state index is 13.1. The number of amides is 1. The number of rotatable bonds is 8. The number of fused-ring (bicyclic) bond motifs is 1. The lowest BCUT2D eigenvalue weighted by Gasteiger charge is -2.19. The van der Waals surface area contributed by atoms with Gasteiger partial charge in [-0.15, -0.1) is 6.58 Å². The monoisotopic (exact) mass is 460 g/mol. The van der Waals surface area contributed by atoms with Crippen LogP contribution in [0.2, 0.25) is 0 Å². The van der Waals surface area contributed by atoms with E-state index in [4.69, 9.17) is 4.98 Å². The van der Waals surface area contributed by atoms with Crippen molar-refractivity contribution in [2.75, 3.05) is 6.54 Å². The number of hydrogen-bond acceptors (Lipinski definition) is 4. The summed E-state index contributed by atoms with van der Waals surface area (Å²) in [6.45, 7) is 3.63. The van der Waals surface area contributed by atoms with Crippen molar-refractivity contribution in [3.63, 3.8) is 0 Å². The second-order valence-corrected chi connectivity index (χ2v) is 9.27. The highest BCUT2D eigenvalue weighted by atomic mass is 32.2. The summed E-state index contributed by atoms with van der Waals surface area (Å²) in [4.78, 5) is 18.0. The van der Waals surface area contributed by atoms with Gasteiger partial charge in [0.15, 0.2) is 0 Å². The first kappa shape index (κ1) is 22.4. The number of imidazole rings is 1. The minimum Gasteiger partial charge on any atom is -0.338 e. The third-order valence-corrected chi connectivity index (χ3v) is 6.77. The summed E-state index contributed by atoms with van der Waals surface area (Å²) in [5, 5.41) is 3.06. The molecule has 0 saturated heterocycles. The molecule has 168 valence electrons. The van der Waals surface area contributed by atoms with Crippen molar-refractivity contribution in [1.29, 1.82) is 0 Å². The molecule has 0 fully saturated rings. The standard InChI is InChI=1S/C25H24N4O3S/c1-3-17-26-33(31,32)20-15-13-19(14-16-20)25(30)28-23(18-9-5-4-6-10-18)24-27-21-11-7-8-12-22(21)29(24)2/h3-16,23,26H,1,17H2,2H3,(H,28,30). The highest BCUT2D eigenvalue weighted by Crippen LogP contribution is 2.25. The van der Waals surface area contributed by atoms with Crippen molar-refractivity contribution in [2.45, 2.75) is 10.9 Å². The molecule has 7 nitrogen and oxygen atoms in total. The Labute approximate surface area is 192 Å². The number of para-hydroxylation sites is 2. The second-order valence-electron chi connectivity index (χ2n) is 7.50. The van der Waals surface area contributed by atoms with Crippen LogP contribution in [0, 0.1) is 0 Å². The van der Waals surface area contributed by atoms with E-state index in [1.165, 1.54) is 30.3 Å². The lowest BCUT2D eigenvalue weighted by molar-refractivity contribution is 0.0941. The maximum atomic E-state index is 13.1.